The van der Waals surface area contributed by atoms with Gasteiger partial charge >= 0.3 is 0 Å². The Labute approximate surface area is 527 Å². The van der Waals surface area contributed by atoms with Crippen molar-refractivity contribution >= 4 is 0 Å². The zero-order valence-corrected chi connectivity index (χ0v) is 59.1. The molecule has 1 unspecified atom stereocenters. The Morgan fingerprint density at radius 2 is 0.812 bits per heavy atom. The van der Waals surface area contributed by atoms with Crippen molar-refractivity contribution in [2.24, 2.45) is 53.3 Å². The summed E-state index contributed by atoms with van der Waals surface area (Å²) in [7, 11) is 0. The average Bonchev–Trinajstić information content (AvgIpc) is 4.00. The first-order valence-electron chi connectivity index (χ1n) is 32.7. The zero-order chi connectivity index (χ0) is 65.5. The Hall–Kier alpha value is -4.94. The third kappa shape index (κ3) is 68.1. The smallest absolute Gasteiger partial charge is 0.115 e. The molecule has 85 heavy (non-hydrogen) atoms. The summed E-state index contributed by atoms with van der Waals surface area (Å²) in [6, 6.07) is 43.2. The van der Waals surface area contributed by atoms with Gasteiger partial charge in [-0.05, 0) is 185 Å². The molecule has 0 fully saturated rings. The highest BCUT2D eigenvalue weighted by Gasteiger charge is 2.02. The Balaban J connectivity index is -0.000000435. The molecule has 1 aromatic heterocycles. The van der Waals surface area contributed by atoms with E-state index in [4.69, 9.17) is 24.8 Å². The van der Waals surface area contributed by atoms with Crippen LogP contribution in [0.3, 0.4) is 0 Å². The lowest BCUT2D eigenvalue weighted by Crippen LogP contribution is -2.01. The molecule has 5 aromatic rings. The molecular formula is C80H134O5. The zero-order valence-electron chi connectivity index (χ0n) is 59.1. The van der Waals surface area contributed by atoms with Crippen molar-refractivity contribution < 1.29 is 24.8 Å². The van der Waals surface area contributed by atoms with Crippen LogP contribution in [0.15, 0.2) is 173 Å². The molecule has 5 nitrogen and oxygen atoms in total. The molecule has 0 aliphatic carbocycles. The van der Waals surface area contributed by atoms with Crippen LogP contribution in [0.25, 0.3) is 0 Å². The van der Waals surface area contributed by atoms with Crippen LogP contribution in [0, 0.1) is 53.3 Å². The van der Waals surface area contributed by atoms with Gasteiger partial charge in [0.05, 0.1) is 19.5 Å². The van der Waals surface area contributed by atoms with Crippen LogP contribution >= 0.6 is 0 Å². The highest BCUT2D eigenvalue weighted by molar-refractivity contribution is 5.27. The van der Waals surface area contributed by atoms with Crippen molar-refractivity contribution in [3.05, 3.63) is 197 Å². The van der Waals surface area contributed by atoms with E-state index in [1.54, 1.807) is 12.3 Å². The number of aliphatic hydroxyl groups is 3. The average molecular weight is 1180 g/mol. The summed E-state index contributed by atoms with van der Waals surface area (Å²) in [5, 5.41) is 34.9. The molecule has 0 aliphatic rings. The predicted octanol–water partition coefficient (Wildman–Crippen LogP) is 23.0. The molecule has 4 N–H and O–H groups in total. The van der Waals surface area contributed by atoms with Crippen LogP contribution in [0.2, 0.25) is 0 Å². The van der Waals surface area contributed by atoms with E-state index < -0.39 is 0 Å². The number of hydrogen-bond acceptors (Lipinski definition) is 5. The summed E-state index contributed by atoms with van der Waals surface area (Å²) >= 11 is 0. The summed E-state index contributed by atoms with van der Waals surface area (Å²) < 4.78 is 5.14. The number of aliphatic hydroxyl groups excluding tert-OH is 3. The second-order valence-electron chi connectivity index (χ2n) is 26.9. The van der Waals surface area contributed by atoms with Crippen molar-refractivity contribution in [3.63, 3.8) is 0 Å². The number of aryl methyl sites for hydroxylation is 1. The van der Waals surface area contributed by atoms with Gasteiger partial charge in [-0.15, -0.1) is 0 Å². The summed E-state index contributed by atoms with van der Waals surface area (Å²) in [4.78, 5) is 0. The lowest BCUT2D eigenvalue weighted by molar-refractivity contribution is 0.224. The van der Waals surface area contributed by atoms with E-state index in [-0.39, 0.29) is 13.2 Å². The molecule has 1 heterocycles. The standard InChI is InChI=1S/C11H16.C10H14O.C10H14.C9H12.C8H12O.C8H18O.2C8H16O.C8H16/c1-10(2)8-9-11-6-4-3-5-7-11;1-8(2)6-9-4-3-5-10(11)7-9;1-9(2)8-10-6-4-3-5-7-10;1-8(2)9-6-4-3-5-7-9;1-7(2)6-8-4-3-5-9-8;3*1-7(2)4-5-8(3)6-9;1-7(2)5-6-8(3)4/h3-7,10H,8-9H2,1-2H3;3-5,7-8,11H,6H2,1-2H3;3-7,9H,8H2,1-2H3;3-8H,1-2H3;3-5,7H,6H2,1-2H3;7-9H,4-6H2,1-3H3;2*5,7,9H,4,6H2,1-3H3;5,8H,6H2,1-4H3/b;;;;;;8-5+;8-5-;. The van der Waals surface area contributed by atoms with Gasteiger partial charge in [-0.2, -0.15) is 0 Å². The summed E-state index contributed by atoms with van der Waals surface area (Å²) in [6.45, 7) is 50.7. The lowest BCUT2D eigenvalue weighted by atomic mass is 10.0. The number of phenols is 1. The maximum Gasteiger partial charge on any atom is 0.115 e. The molecule has 0 amide bonds. The van der Waals surface area contributed by atoms with E-state index in [2.05, 4.69) is 249 Å². The van der Waals surface area contributed by atoms with Gasteiger partial charge in [0.25, 0.3) is 0 Å². The Morgan fingerprint density at radius 1 is 0.400 bits per heavy atom. The monoisotopic (exact) mass is 1180 g/mol. The number of hydrogen-bond donors (Lipinski definition) is 4. The summed E-state index contributed by atoms with van der Waals surface area (Å²) in [5.41, 5.74) is 9.10. The van der Waals surface area contributed by atoms with Crippen LogP contribution in [0.5, 0.6) is 5.75 Å². The second kappa shape index (κ2) is 58.1. The number of benzene rings is 4. The van der Waals surface area contributed by atoms with Gasteiger partial charge in [0.15, 0.2) is 0 Å². The Morgan fingerprint density at radius 3 is 1.14 bits per heavy atom. The van der Waals surface area contributed by atoms with Gasteiger partial charge in [-0.25, -0.2) is 0 Å². The van der Waals surface area contributed by atoms with E-state index in [1.165, 1.54) is 59.9 Å². The van der Waals surface area contributed by atoms with Crippen LogP contribution < -0.4 is 0 Å². The molecule has 5 rings (SSSR count). The molecule has 1 atom stereocenters. The SMILES string of the molecule is C/C(=C/CC(C)C)CO.C/C(=C\CC(C)C)CO.CC(C)=CCC(C)C.CC(C)CCC(C)CO.CC(C)CCc1ccccc1.CC(C)Cc1cccc(O)c1.CC(C)Cc1ccccc1.CC(C)Cc1ccco1.CC(C)c1ccccc1. The minimum absolute atomic E-state index is 0.201. The first-order chi connectivity index (χ1) is 40.0. The van der Waals surface area contributed by atoms with E-state index >= 15 is 0 Å². The van der Waals surface area contributed by atoms with Crippen molar-refractivity contribution in [2.75, 3.05) is 19.8 Å². The Bertz CT molecular complexity index is 2200. The first-order valence-corrected chi connectivity index (χ1v) is 32.7. The largest absolute Gasteiger partial charge is 0.508 e. The number of furan rings is 1. The third-order valence-corrected chi connectivity index (χ3v) is 12.5. The van der Waals surface area contributed by atoms with E-state index in [1.807, 2.05) is 50.2 Å². The van der Waals surface area contributed by atoms with Gasteiger partial charge < -0.3 is 24.8 Å². The normalized spacial score (nSPS) is 11.2. The van der Waals surface area contributed by atoms with Crippen molar-refractivity contribution in [3.8, 4) is 5.75 Å². The highest BCUT2D eigenvalue weighted by atomic mass is 16.3. The lowest BCUT2D eigenvalue weighted by Gasteiger charge is -2.08. The topological polar surface area (TPSA) is 94.1 Å². The Kier molecular flexibility index (Phi) is 59.1. The van der Waals surface area contributed by atoms with Crippen molar-refractivity contribution in [1.82, 2.24) is 0 Å². The molecule has 0 saturated carbocycles. The van der Waals surface area contributed by atoms with Gasteiger partial charge in [0.1, 0.15) is 11.5 Å². The van der Waals surface area contributed by atoms with E-state index in [0.29, 0.717) is 47.9 Å². The summed E-state index contributed by atoms with van der Waals surface area (Å²) in [5.74, 6) is 8.51. The fraction of sp³-hybridized carbons (Fsp3) is 0.575. The molecule has 0 radical (unpaired) electrons. The fourth-order valence-electron chi connectivity index (χ4n) is 7.19. The maximum absolute atomic E-state index is 9.13. The van der Waals surface area contributed by atoms with Gasteiger partial charge in [-0.3, -0.25) is 0 Å². The minimum Gasteiger partial charge on any atom is -0.508 e. The van der Waals surface area contributed by atoms with Crippen LogP contribution in [0.4, 0.5) is 0 Å². The molecule has 484 valence electrons. The molecule has 0 bridgehead atoms. The van der Waals surface area contributed by atoms with Gasteiger partial charge in [0, 0.05) is 13.0 Å². The van der Waals surface area contributed by atoms with Crippen LogP contribution in [-0.2, 0) is 25.7 Å². The van der Waals surface area contributed by atoms with Gasteiger partial charge in [0.2, 0.25) is 0 Å². The third-order valence-electron chi connectivity index (χ3n) is 12.5. The summed E-state index contributed by atoms with van der Waals surface area (Å²) in [6.07, 6.45) is 19.7. The molecule has 0 saturated heterocycles. The molecule has 0 aliphatic heterocycles. The maximum atomic E-state index is 9.13. The molecular weight excluding hydrogens is 1040 g/mol. The first kappa shape index (κ1) is 86.5. The van der Waals surface area contributed by atoms with Crippen molar-refractivity contribution in [2.45, 2.75) is 229 Å². The predicted molar refractivity (Wildman–Crippen MR) is 379 cm³/mol. The number of allylic oxidation sites excluding steroid dienone is 4. The van der Waals surface area contributed by atoms with E-state index in [0.717, 1.165) is 72.7 Å². The fourth-order valence-corrected chi connectivity index (χ4v) is 7.19. The van der Waals surface area contributed by atoms with Crippen LogP contribution in [-0.4, -0.2) is 40.2 Å². The molecule has 5 heteroatoms. The number of aromatic hydroxyl groups is 1. The molecule has 0 spiro atoms. The van der Waals surface area contributed by atoms with Gasteiger partial charge in [-0.1, -0.05) is 276 Å². The minimum atomic E-state index is 0.201. The van der Waals surface area contributed by atoms with Crippen molar-refractivity contribution in [1.29, 1.82) is 0 Å². The molecule has 4 aromatic carbocycles. The van der Waals surface area contributed by atoms with Crippen LogP contribution in [0.1, 0.15) is 232 Å². The van der Waals surface area contributed by atoms with E-state index in [9.17, 15) is 0 Å². The number of rotatable bonds is 22. The quantitative estimate of drug-likeness (QED) is 0.0518. The second-order valence-corrected chi connectivity index (χ2v) is 26.9. The number of phenolic OH excluding ortho intramolecular Hbond substituents is 1. The highest BCUT2D eigenvalue weighted by Crippen LogP contribution is 2.16.